The maximum Gasteiger partial charge on any atom is 0.295 e. The van der Waals surface area contributed by atoms with Gasteiger partial charge in [-0.05, 0) is 48.0 Å². The number of para-hydroxylation sites is 1. The minimum absolute atomic E-state index is 0.110. The van der Waals surface area contributed by atoms with E-state index in [1.807, 2.05) is 0 Å². The van der Waals surface area contributed by atoms with E-state index in [0.717, 1.165) is 21.8 Å². The van der Waals surface area contributed by atoms with E-state index in [0.29, 0.717) is 16.3 Å². The SMILES string of the molecule is O=S(=O)(c1ccccc1)N(Oc1ccc(/C=C2\SC(O)NC2O)cc1)c1ccccc1. The predicted molar refractivity (Wildman–Crippen MR) is 120 cm³/mol. The number of aliphatic hydroxyl groups excluding tert-OH is 2. The Morgan fingerprint density at radius 2 is 1.52 bits per heavy atom. The van der Waals surface area contributed by atoms with E-state index >= 15 is 0 Å². The highest BCUT2D eigenvalue weighted by atomic mass is 32.2. The van der Waals surface area contributed by atoms with Crippen molar-refractivity contribution in [1.82, 2.24) is 5.32 Å². The van der Waals surface area contributed by atoms with Gasteiger partial charge in [-0.3, -0.25) is 5.32 Å². The summed E-state index contributed by atoms with van der Waals surface area (Å²) in [6.07, 6.45) is 0.804. The molecule has 0 aliphatic carbocycles. The maximum atomic E-state index is 13.2. The summed E-state index contributed by atoms with van der Waals surface area (Å²) in [5.74, 6) is 0.322. The zero-order valence-corrected chi connectivity index (χ0v) is 17.8. The fourth-order valence-corrected chi connectivity index (χ4v) is 5.05. The Bertz CT molecular complexity index is 1150. The molecular weight excluding hydrogens is 436 g/mol. The Balaban J connectivity index is 1.62. The molecule has 7 nitrogen and oxygen atoms in total. The number of sulfonamides is 1. The Morgan fingerprint density at radius 3 is 2.10 bits per heavy atom. The summed E-state index contributed by atoms with van der Waals surface area (Å²) in [7, 11) is -3.97. The van der Waals surface area contributed by atoms with Crippen molar-refractivity contribution in [3.63, 3.8) is 0 Å². The van der Waals surface area contributed by atoms with Gasteiger partial charge in [-0.1, -0.05) is 64.8 Å². The van der Waals surface area contributed by atoms with E-state index < -0.39 is 21.8 Å². The number of nitrogens with zero attached hydrogens (tertiary/aromatic N) is 1. The van der Waals surface area contributed by atoms with Gasteiger partial charge in [-0.15, -0.1) is 0 Å². The van der Waals surface area contributed by atoms with Crippen LogP contribution in [0.5, 0.6) is 5.75 Å². The Morgan fingerprint density at radius 1 is 0.903 bits per heavy atom. The van der Waals surface area contributed by atoms with Gasteiger partial charge in [0.25, 0.3) is 10.0 Å². The van der Waals surface area contributed by atoms with Gasteiger partial charge in [0.15, 0.2) is 11.3 Å². The molecule has 1 heterocycles. The lowest BCUT2D eigenvalue weighted by molar-refractivity contribution is 0.127. The molecule has 2 unspecified atom stereocenters. The lowest BCUT2D eigenvalue weighted by atomic mass is 10.2. The maximum absolute atomic E-state index is 13.2. The van der Waals surface area contributed by atoms with Crippen molar-refractivity contribution in [3.05, 3.63) is 95.4 Å². The zero-order chi connectivity index (χ0) is 21.8. The number of benzene rings is 3. The minimum Gasteiger partial charge on any atom is -0.374 e. The highest BCUT2D eigenvalue weighted by Gasteiger charge is 2.28. The van der Waals surface area contributed by atoms with E-state index in [9.17, 15) is 18.6 Å². The van der Waals surface area contributed by atoms with Crippen LogP contribution in [0.25, 0.3) is 6.08 Å². The van der Waals surface area contributed by atoms with Gasteiger partial charge >= 0.3 is 0 Å². The summed E-state index contributed by atoms with van der Waals surface area (Å²) in [6, 6.07) is 23.4. The molecule has 4 rings (SSSR count). The molecule has 0 bridgehead atoms. The van der Waals surface area contributed by atoms with Crippen LogP contribution in [0.4, 0.5) is 5.69 Å². The van der Waals surface area contributed by atoms with Crippen LogP contribution < -0.4 is 14.6 Å². The molecular formula is C22H20N2O5S2. The molecule has 0 amide bonds. The van der Waals surface area contributed by atoms with Crippen molar-refractivity contribution in [2.75, 3.05) is 4.47 Å². The van der Waals surface area contributed by atoms with Gasteiger partial charge in [0.05, 0.1) is 10.6 Å². The number of aliphatic hydroxyl groups is 2. The van der Waals surface area contributed by atoms with Crippen LogP contribution in [-0.4, -0.2) is 30.4 Å². The standard InChI is InChI=1S/C22H20N2O5S2/c25-21-20(30-22(26)23-21)15-16-11-13-18(14-12-16)29-24(17-7-3-1-4-8-17)31(27,28)19-9-5-2-6-10-19/h1-15,21-23,25-26H/b20-15-. The Kier molecular flexibility index (Phi) is 6.30. The third-order valence-electron chi connectivity index (χ3n) is 4.42. The first-order chi connectivity index (χ1) is 14.9. The summed E-state index contributed by atoms with van der Waals surface area (Å²) in [4.78, 5) is 6.49. The number of hydrogen-bond acceptors (Lipinski definition) is 7. The van der Waals surface area contributed by atoms with E-state index in [1.54, 1.807) is 78.9 Å². The summed E-state index contributed by atoms with van der Waals surface area (Å²) >= 11 is 1.12. The fourth-order valence-electron chi connectivity index (χ4n) is 2.92. The van der Waals surface area contributed by atoms with E-state index in [1.165, 1.54) is 12.1 Å². The smallest absolute Gasteiger partial charge is 0.295 e. The fraction of sp³-hybridized carbons (Fsp3) is 0.0909. The molecule has 2 atom stereocenters. The van der Waals surface area contributed by atoms with Crippen molar-refractivity contribution in [3.8, 4) is 5.75 Å². The highest BCUT2D eigenvalue weighted by molar-refractivity contribution is 8.03. The average Bonchev–Trinajstić information content (AvgIpc) is 3.10. The molecule has 3 aromatic carbocycles. The molecule has 3 aromatic rings. The summed E-state index contributed by atoms with van der Waals surface area (Å²) in [5, 5.41) is 22.0. The van der Waals surface area contributed by atoms with Crippen molar-refractivity contribution < 1.29 is 23.5 Å². The van der Waals surface area contributed by atoms with Gasteiger partial charge in [-0.2, -0.15) is 8.42 Å². The van der Waals surface area contributed by atoms with Crippen LogP contribution in [0.3, 0.4) is 0 Å². The molecule has 0 spiro atoms. The summed E-state index contributed by atoms with van der Waals surface area (Å²) < 4.78 is 27.4. The molecule has 1 aliphatic heterocycles. The number of nitrogens with one attached hydrogen (secondary N) is 1. The predicted octanol–water partition coefficient (Wildman–Crippen LogP) is 3.15. The first-order valence-corrected chi connectivity index (χ1v) is 11.7. The van der Waals surface area contributed by atoms with E-state index in [4.69, 9.17) is 4.84 Å². The third kappa shape index (κ3) is 4.92. The monoisotopic (exact) mass is 456 g/mol. The number of thioether (sulfide) groups is 1. The molecule has 9 heteroatoms. The summed E-state index contributed by atoms with van der Waals surface area (Å²) in [5.41, 5.74) is 0.275. The largest absolute Gasteiger partial charge is 0.374 e. The van der Waals surface area contributed by atoms with Gasteiger partial charge < -0.3 is 15.1 Å². The lowest BCUT2D eigenvalue weighted by Crippen LogP contribution is -2.34. The van der Waals surface area contributed by atoms with Gasteiger partial charge in [-0.25, -0.2) is 0 Å². The molecule has 31 heavy (non-hydrogen) atoms. The normalized spacial score (nSPS) is 20.0. The van der Waals surface area contributed by atoms with Crippen LogP contribution in [0.15, 0.2) is 94.7 Å². The van der Waals surface area contributed by atoms with Crippen molar-refractivity contribution in [2.45, 2.75) is 16.7 Å². The van der Waals surface area contributed by atoms with Crippen LogP contribution in [-0.2, 0) is 10.0 Å². The van der Waals surface area contributed by atoms with Crippen LogP contribution in [0, 0.1) is 0 Å². The molecule has 1 fully saturated rings. The van der Waals surface area contributed by atoms with Gasteiger partial charge in [0.2, 0.25) is 0 Å². The molecule has 160 valence electrons. The van der Waals surface area contributed by atoms with E-state index in [2.05, 4.69) is 5.32 Å². The molecule has 1 saturated heterocycles. The quantitative estimate of drug-likeness (QED) is 0.490. The number of rotatable bonds is 6. The molecule has 0 radical (unpaired) electrons. The van der Waals surface area contributed by atoms with Crippen LogP contribution >= 0.6 is 11.8 Å². The molecule has 3 N–H and O–H groups in total. The van der Waals surface area contributed by atoms with Crippen LogP contribution in [0.1, 0.15) is 5.56 Å². The average molecular weight is 457 g/mol. The molecule has 0 saturated carbocycles. The first-order valence-electron chi connectivity index (χ1n) is 9.37. The lowest BCUT2D eigenvalue weighted by Gasteiger charge is -2.24. The Hall–Kier alpha value is -2.82. The molecule has 1 aliphatic rings. The number of anilines is 1. The highest BCUT2D eigenvalue weighted by Crippen LogP contribution is 2.31. The first kappa shape index (κ1) is 21.4. The van der Waals surface area contributed by atoms with Crippen molar-refractivity contribution in [1.29, 1.82) is 0 Å². The van der Waals surface area contributed by atoms with Crippen molar-refractivity contribution in [2.24, 2.45) is 0 Å². The second kappa shape index (κ2) is 9.13. The minimum atomic E-state index is -3.97. The number of hydrogen-bond donors (Lipinski definition) is 3. The molecule has 0 aromatic heterocycles. The van der Waals surface area contributed by atoms with E-state index in [-0.39, 0.29) is 4.90 Å². The topological polar surface area (TPSA) is 99.1 Å². The van der Waals surface area contributed by atoms with Gasteiger partial charge in [0.1, 0.15) is 6.23 Å². The van der Waals surface area contributed by atoms with Crippen molar-refractivity contribution >= 4 is 33.5 Å². The summed E-state index contributed by atoms with van der Waals surface area (Å²) in [6.45, 7) is 0. The Labute approximate surface area is 184 Å². The zero-order valence-electron chi connectivity index (χ0n) is 16.2. The van der Waals surface area contributed by atoms with Crippen LogP contribution in [0.2, 0.25) is 0 Å². The van der Waals surface area contributed by atoms with Gasteiger partial charge in [0, 0.05) is 4.91 Å². The third-order valence-corrected chi connectivity index (χ3v) is 6.98. The second-order valence-corrected chi connectivity index (χ2v) is 9.53. The second-order valence-electron chi connectivity index (χ2n) is 6.63.